The van der Waals surface area contributed by atoms with E-state index in [9.17, 15) is 36.8 Å². The molecule has 0 bridgehead atoms. The summed E-state index contributed by atoms with van der Waals surface area (Å²) in [6, 6.07) is 8.15. The molecule has 0 saturated heterocycles. The maximum absolute atomic E-state index is 13.3. The Kier molecular flexibility index (Phi) is 10.2. The van der Waals surface area contributed by atoms with Crippen LogP contribution in [0.5, 0.6) is 11.5 Å². The number of hydrogen-bond acceptors (Lipinski definition) is 9. The molecule has 1 aromatic heterocycles. The first-order chi connectivity index (χ1) is 22.2. The number of ether oxygens (including phenoxy) is 3. The molecule has 1 fully saturated rings. The third kappa shape index (κ3) is 8.66. The van der Waals surface area contributed by atoms with Crippen molar-refractivity contribution in [2.45, 2.75) is 38.5 Å². The molecule has 0 radical (unpaired) electrons. The molecule has 0 spiro atoms. The number of nitrogens with one attached hydrogen (secondary N) is 1. The summed E-state index contributed by atoms with van der Waals surface area (Å²) in [4.78, 5) is 40.2. The second kappa shape index (κ2) is 14.0. The number of amides is 2. The van der Waals surface area contributed by atoms with Crippen molar-refractivity contribution in [3.05, 3.63) is 91.9 Å². The van der Waals surface area contributed by atoms with Crippen LogP contribution in [-0.2, 0) is 32.5 Å². The zero-order valence-electron chi connectivity index (χ0n) is 24.6. The number of imide groups is 1. The van der Waals surface area contributed by atoms with Crippen LogP contribution < -0.4 is 18.9 Å². The number of hydrogen-bond donors (Lipinski definition) is 1. The van der Waals surface area contributed by atoms with Crippen LogP contribution in [0, 0.1) is 11.1 Å². The summed E-state index contributed by atoms with van der Waals surface area (Å²) < 4.78 is 68.0. The van der Waals surface area contributed by atoms with E-state index in [-0.39, 0.29) is 69.3 Å². The molecule has 2 heterocycles. The highest BCUT2D eigenvalue weighted by atomic mass is 35.5. The number of aromatic nitrogens is 1. The van der Waals surface area contributed by atoms with Gasteiger partial charge in [-0.25, -0.2) is 13.1 Å². The molecular formula is C30H27Cl2F2N3O9S. The van der Waals surface area contributed by atoms with Crippen molar-refractivity contribution in [2.24, 2.45) is 5.92 Å². The second-order valence-electron chi connectivity index (χ2n) is 11.0. The number of rotatable bonds is 14. The average molecular weight is 715 g/mol. The highest BCUT2D eigenvalue weighted by molar-refractivity contribution is 7.88. The third-order valence-electron chi connectivity index (χ3n) is 7.31. The van der Waals surface area contributed by atoms with Crippen LogP contribution in [0.4, 0.5) is 8.78 Å². The van der Waals surface area contributed by atoms with Crippen LogP contribution in [0.1, 0.15) is 56.4 Å². The van der Waals surface area contributed by atoms with E-state index in [1.54, 1.807) is 0 Å². The van der Waals surface area contributed by atoms with Gasteiger partial charge < -0.3 is 19.4 Å². The summed E-state index contributed by atoms with van der Waals surface area (Å²) in [5.41, 5.74) is 0.885. The zero-order chi connectivity index (χ0) is 34.0. The van der Waals surface area contributed by atoms with Gasteiger partial charge >= 0.3 is 12.6 Å². The van der Waals surface area contributed by atoms with Crippen LogP contribution in [-0.4, -0.2) is 57.1 Å². The molecule has 2 aliphatic rings. The Balaban J connectivity index is 1.40. The molecule has 0 unspecified atom stereocenters. The molecule has 12 nitrogen and oxygen atoms in total. The first kappa shape index (κ1) is 34.3. The molecule has 1 saturated carbocycles. The van der Waals surface area contributed by atoms with Gasteiger partial charge in [-0.15, -0.1) is 0 Å². The number of esters is 1. The van der Waals surface area contributed by atoms with Crippen LogP contribution >= 0.6 is 23.2 Å². The molecule has 2 aromatic carbocycles. The third-order valence-corrected chi connectivity index (χ3v) is 8.63. The van der Waals surface area contributed by atoms with Gasteiger partial charge in [0.05, 0.1) is 24.0 Å². The molecule has 17 heteroatoms. The number of carbonyl (C=O) groups is 3. The lowest BCUT2D eigenvalue weighted by Gasteiger charge is -2.22. The van der Waals surface area contributed by atoms with Crippen molar-refractivity contribution in [1.29, 1.82) is 0 Å². The topological polar surface area (TPSA) is 155 Å². The Bertz CT molecular complexity index is 1820. The van der Waals surface area contributed by atoms with Crippen LogP contribution in [0.15, 0.2) is 48.8 Å². The van der Waals surface area contributed by atoms with Gasteiger partial charge in [-0.3, -0.25) is 19.3 Å². The number of pyridine rings is 1. The Labute approximate surface area is 277 Å². The Morgan fingerprint density at radius 2 is 1.74 bits per heavy atom. The summed E-state index contributed by atoms with van der Waals surface area (Å²) in [5.74, 6) is -2.58. The zero-order valence-corrected chi connectivity index (χ0v) is 26.9. The van der Waals surface area contributed by atoms with Gasteiger partial charge in [0.25, 0.3) is 11.8 Å². The Hall–Kier alpha value is -4.05. The lowest BCUT2D eigenvalue weighted by molar-refractivity contribution is -0.605. The number of halogens is 4. The molecule has 1 atom stereocenters. The molecule has 1 aliphatic heterocycles. The van der Waals surface area contributed by atoms with Crippen molar-refractivity contribution in [2.75, 3.05) is 19.4 Å². The van der Waals surface area contributed by atoms with Crippen molar-refractivity contribution >= 4 is 51.0 Å². The summed E-state index contributed by atoms with van der Waals surface area (Å²) in [6.45, 7) is -3.81. The smallest absolute Gasteiger partial charge is 0.387 e. The highest BCUT2D eigenvalue weighted by Crippen LogP contribution is 2.38. The fraction of sp³-hybridized carbons (Fsp3) is 0.333. The fourth-order valence-corrected chi connectivity index (χ4v) is 5.82. The van der Waals surface area contributed by atoms with Crippen molar-refractivity contribution in [1.82, 2.24) is 9.62 Å². The molecule has 3 aromatic rings. The first-order valence-corrected chi connectivity index (χ1v) is 16.7. The monoisotopic (exact) mass is 713 g/mol. The number of sulfonamides is 1. The summed E-state index contributed by atoms with van der Waals surface area (Å²) >= 11 is 12.6. The number of alkyl halides is 2. The maximum atomic E-state index is 13.3. The summed E-state index contributed by atoms with van der Waals surface area (Å²) in [5, 5.41) is 11.7. The lowest BCUT2D eigenvalue weighted by atomic mass is 10.0. The minimum absolute atomic E-state index is 0.0169. The molecular weight excluding hydrogens is 687 g/mol. The van der Waals surface area contributed by atoms with E-state index in [1.165, 1.54) is 36.4 Å². The van der Waals surface area contributed by atoms with E-state index in [0.29, 0.717) is 15.2 Å². The minimum Gasteiger partial charge on any atom is -0.619 e. The predicted molar refractivity (Wildman–Crippen MR) is 163 cm³/mol. The Morgan fingerprint density at radius 1 is 1.06 bits per heavy atom. The molecule has 2 amide bonds. The van der Waals surface area contributed by atoms with Crippen molar-refractivity contribution in [3.8, 4) is 11.5 Å². The fourth-order valence-electron chi connectivity index (χ4n) is 4.79. The van der Waals surface area contributed by atoms with E-state index in [1.807, 2.05) is 0 Å². The minimum atomic E-state index is -3.52. The van der Waals surface area contributed by atoms with Gasteiger partial charge in [0.15, 0.2) is 23.9 Å². The van der Waals surface area contributed by atoms with E-state index >= 15 is 0 Å². The molecule has 5 rings (SSSR count). The van der Waals surface area contributed by atoms with Crippen molar-refractivity contribution < 1.29 is 50.5 Å². The van der Waals surface area contributed by atoms with Crippen LogP contribution in [0.25, 0.3) is 0 Å². The number of fused-ring (bicyclic) bond motifs is 1. The van der Waals surface area contributed by atoms with E-state index in [0.717, 1.165) is 31.5 Å². The SMILES string of the molecule is CS(=O)(=O)NCc1ccc2c(c1)C(=O)N(CC(=O)O[C@@H](Cc1c(Cl)c[n+]([O-])cc1Cl)c1ccc(OC(F)F)c(OCC3CC3)c1)C2=O. The summed E-state index contributed by atoms with van der Waals surface area (Å²) in [6.07, 6.45) is 3.50. The average Bonchev–Trinajstić information content (AvgIpc) is 3.79. The van der Waals surface area contributed by atoms with E-state index in [4.69, 9.17) is 32.7 Å². The van der Waals surface area contributed by atoms with Crippen LogP contribution in [0.2, 0.25) is 10.0 Å². The second-order valence-corrected chi connectivity index (χ2v) is 13.6. The van der Waals surface area contributed by atoms with E-state index < -0.39 is 47.1 Å². The summed E-state index contributed by atoms with van der Waals surface area (Å²) in [7, 11) is -3.52. The molecule has 1 aliphatic carbocycles. The standard InChI is InChI=1S/C30H27Cl2F2N3O9S/c1-47(42,43)35-11-17-4-6-19-20(8-17)29(40)37(28(19)39)14-27(38)45-25(10-21-22(31)12-36(41)13-23(21)32)18-5-7-24(46-30(33)34)26(9-18)44-15-16-2-3-16/h4-9,12-13,16,25,30,35H,2-3,10-11,14-15H2,1H3/t25-/m0/s1. The van der Waals surface area contributed by atoms with Gasteiger partial charge in [-0.2, -0.15) is 13.5 Å². The van der Waals surface area contributed by atoms with Gasteiger partial charge in [0.1, 0.15) is 22.7 Å². The lowest BCUT2D eigenvalue weighted by Crippen LogP contribution is -2.36. The van der Waals surface area contributed by atoms with E-state index in [2.05, 4.69) is 9.46 Å². The van der Waals surface area contributed by atoms with Crippen LogP contribution in [0.3, 0.4) is 0 Å². The normalized spacial score (nSPS) is 15.1. The Morgan fingerprint density at radius 3 is 2.38 bits per heavy atom. The van der Waals surface area contributed by atoms with Gasteiger partial charge in [0, 0.05) is 18.5 Å². The maximum Gasteiger partial charge on any atom is 0.387 e. The van der Waals surface area contributed by atoms with Crippen molar-refractivity contribution in [3.63, 3.8) is 0 Å². The molecule has 47 heavy (non-hydrogen) atoms. The molecule has 1 N–H and O–H groups in total. The quantitative estimate of drug-likeness (QED) is 0.112. The van der Waals surface area contributed by atoms with Gasteiger partial charge in [-0.05, 0) is 54.2 Å². The molecule has 250 valence electrons. The predicted octanol–water partition coefficient (Wildman–Crippen LogP) is 4.19. The van der Waals surface area contributed by atoms with Gasteiger partial charge in [-0.1, -0.05) is 35.3 Å². The first-order valence-electron chi connectivity index (χ1n) is 14.1. The number of nitrogens with zero attached hydrogens (tertiary/aromatic N) is 2. The van der Waals surface area contributed by atoms with Gasteiger partial charge in [0.2, 0.25) is 10.0 Å². The number of carbonyl (C=O) groups excluding carboxylic acids is 3. The largest absolute Gasteiger partial charge is 0.619 e. The number of benzene rings is 2. The highest BCUT2D eigenvalue weighted by Gasteiger charge is 2.38.